The Morgan fingerprint density at radius 3 is 2.44 bits per heavy atom. The molecule has 27 heavy (non-hydrogen) atoms. The van der Waals surface area contributed by atoms with Crippen LogP contribution < -0.4 is 10.1 Å². The number of hydrogen-bond donors (Lipinski definition) is 1. The molecule has 0 unspecified atom stereocenters. The average molecular weight is 356 g/mol. The molecule has 134 valence electrons. The number of fused-ring (bicyclic) bond motifs is 1. The highest BCUT2D eigenvalue weighted by atomic mass is 16.5. The monoisotopic (exact) mass is 356 g/mol. The molecule has 0 aliphatic heterocycles. The summed E-state index contributed by atoms with van der Waals surface area (Å²) in [7, 11) is 3.69. The van der Waals surface area contributed by atoms with Gasteiger partial charge in [-0.05, 0) is 42.5 Å². The lowest BCUT2D eigenvalue weighted by atomic mass is 10.1. The van der Waals surface area contributed by atoms with E-state index in [1.54, 1.807) is 19.2 Å². The Kier molecular flexibility index (Phi) is 4.38. The zero-order chi connectivity index (χ0) is 18.8. The molecule has 0 saturated heterocycles. The Labute approximate surface area is 158 Å². The van der Waals surface area contributed by atoms with E-state index in [9.17, 15) is 4.79 Å². The van der Waals surface area contributed by atoms with Crippen LogP contribution in [0.15, 0.2) is 78.9 Å². The molecule has 4 rings (SSSR count). The Hall–Kier alpha value is -3.53. The van der Waals surface area contributed by atoms with Gasteiger partial charge in [0, 0.05) is 29.1 Å². The minimum Gasteiger partial charge on any atom is -0.497 e. The number of amides is 1. The van der Waals surface area contributed by atoms with Crippen LogP contribution in [0, 0.1) is 0 Å². The summed E-state index contributed by atoms with van der Waals surface area (Å²) in [5.41, 5.74) is 4.52. The van der Waals surface area contributed by atoms with E-state index in [2.05, 4.69) is 16.0 Å². The number of anilines is 1. The SMILES string of the molecule is COc1ccc2c(c1)cc(-c1ccccc1NC(=O)c1ccccc1)n2C. The zero-order valence-corrected chi connectivity index (χ0v) is 15.3. The minimum absolute atomic E-state index is 0.122. The van der Waals surface area contributed by atoms with Crippen LogP contribution in [0.5, 0.6) is 5.75 Å². The largest absolute Gasteiger partial charge is 0.497 e. The molecule has 0 fully saturated rings. The summed E-state index contributed by atoms with van der Waals surface area (Å²) in [6.45, 7) is 0. The molecule has 1 aromatic heterocycles. The van der Waals surface area contributed by atoms with Crippen molar-refractivity contribution in [2.45, 2.75) is 0 Å². The molecule has 4 heteroatoms. The van der Waals surface area contributed by atoms with Gasteiger partial charge in [-0.2, -0.15) is 0 Å². The quantitative estimate of drug-likeness (QED) is 0.552. The molecular weight excluding hydrogens is 336 g/mol. The van der Waals surface area contributed by atoms with Crippen LogP contribution in [0.2, 0.25) is 0 Å². The van der Waals surface area contributed by atoms with Crippen molar-refractivity contribution in [3.05, 3.63) is 84.4 Å². The van der Waals surface area contributed by atoms with Crippen molar-refractivity contribution in [2.24, 2.45) is 7.05 Å². The number of para-hydroxylation sites is 1. The van der Waals surface area contributed by atoms with Crippen molar-refractivity contribution >= 4 is 22.5 Å². The molecular formula is C23H20N2O2. The summed E-state index contributed by atoms with van der Waals surface area (Å²) in [6.07, 6.45) is 0. The number of methoxy groups -OCH3 is 1. The van der Waals surface area contributed by atoms with Gasteiger partial charge in [0.1, 0.15) is 5.75 Å². The Morgan fingerprint density at radius 2 is 1.67 bits per heavy atom. The summed E-state index contributed by atoms with van der Waals surface area (Å²) in [5, 5.41) is 4.14. The van der Waals surface area contributed by atoms with Crippen molar-refractivity contribution in [3.8, 4) is 17.0 Å². The van der Waals surface area contributed by atoms with Gasteiger partial charge in [-0.15, -0.1) is 0 Å². The topological polar surface area (TPSA) is 43.3 Å². The smallest absolute Gasteiger partial charge is 0.255 e. The Bertz CT molecular complexity index is 1110. The van der Waals surface area contributed by atoms with Crippen LogP contribution in [0.1, 0.15) is 10.4 Å². The van der Waals surface area contributed by atoms with Crippen molar-refractivity contribution in [2.75, 3.05) is 12.4 Å². The van der Waals surface area contributed by atoms with Gasteiger partial charge in [-0.25, -0.2) is 0 Å². The number of nitrogens with one attached hydrogen (secondary N) is 1. The summed E-state index contributed by atoms with van der Waals surface area (Å²) in [4.78, 5) is 12.6. The second-order valence-electron chi connectivity index (χ2n) is 6.38. The predicted octanol–water partition coefficient (Wildman–Crippen LogP) is 5.11. The number of benzene rings is 3. The fraction of sp³-hybridized carbons (Fsp3) is 0.0870. The molecule has 0 spiro atoms. The number of rotatable bonds is 4. The van der Waals surface area contributed by atoms with Gasteiger partial charge in [0.05, 0.1) is 18.5 Å². The van der Waals surface area contributed by atoms with E-state index in [4.69, 9.17) is 4.74 Å². The second kappa shape index (κ2) is 7.00. The van der Waals surface area contributed by atoms with Gasteiger partial charge in [-0.1, -0.05) is 36.4 Å². The molecule has 4 aromatic rings. The first kappa shape index (κ1) is 16.9. The van der Waals surface area contributed by atoms with E-state index in [1.807, 2.05) is 67.7 Å². The van der Waals surface area contributed by atoms with Gasteiger partial charge in [0.15, 0.2) is 0 Å². The van der Waals surface area contributed by atoms with Crippen molar-refractivity contribution in [3.63, 3.8) is 0 Å². The second-order valence-corrected chi connectivity index (χ2v) is 6.38. The third-order valence-electron chi connectivity index (χ3n) is 4.74. The molecule has 0 radical (unpaired) electrons. The highest BCUT2D eigenvalue weighted by molar-refractivity contribution is 6.06. The number of hydrogen-bond acceptors (Lipinski definition) is 2. The van der Waals surface area contributed by atoms with Crippen LogP contribution in [0.25, 0.3) is 22.2 Å². The van der Waals surface area contributed by atoms with Crippen LogP contribution in [0.4, 0.5) is 5.69 Å². The molecule has 1 heterocycles. The van der Waals surface area contributed by atoms with E-state index in [1.165, 1.54) is 0 Å². The normalized spacial score (nSPS) is 10.7. The Balaban J connectivity index is 1.76. The first-order valence-corrected chi connectivity index (χ1v) is 8.76. The first-order chi connectivity index (χ1) is 13.2. The van der Waals surface area contributed by atoms with Crippen LogP contribution in [0.3, 0.4) is 0 Å². The third kappa shape index (κ3) is 3.17. The Morgan fingerprint density at radius 1 is 0.926 bits per heavy atom. The number of nitrogens with zero attached hydrogens (tertiary/aromatic N) is 1. The van der Waals surface area contributed by atoms with Gasteiger partial charge < -0.3 is 14.6 Å². The molecule has 1 amide bonds. The minimum atomic E-state index is -0.122. The third-order valence-corrected chi connectivity index (χ3v) is 4.74. The van der Waals surface area contributed by atoms with Crippen molar-refractivity contribution in [1.29, 1.82) is 0 Å². The fourth-order valence-electron chi connectivity index (χ4n) is 3.31. The molecule has 4 nitrogen and oxygen atoms in total. The lowest BCUT2D eigenvalue weighted by molar-refractivity contribution is 0.102. The van der Waals surface area contributed by atoms with E-state index in [0.717, 1.165) is 33.6 Å². The molecule has 1 N–H and O–H groups in total. The van der Waals surface area contributed by atoms with E-state index < -0.39 is 0 Å². The number of aromatic nitrogens is 1. The predicted molar refractivity (Wildman–Crippen MR) is 109 cm³/mol. The summed E-state index contributed by atoms with van der Waals surface area (Å²) < 4.78 is 7.46. The standard InChI is InChI=1S/C23H20N2O2/c1-25-21-13-12-18(27-2)14-17(21)15-22(25)19-10-6-7-11-20(19)24-23(26)16-8-4-3-5-9-16/h3-15H,1-2H3,(H,24,26). The summed E-state index contributed by atoms with van der Waals surface area (Å²) in [6, 6.07) is 25.2. The van der Waals surface area contributed by atoms with Crippen LogP contribution in [-0.4, -0.2) is 17.6 Å². The number of carbonyl (C=O) groups excluding carboxylic acids is 1. The first-order valence-electron chi connectivity index (χ1n) is 8.76. The van der Waals surface area contributed by atoms with Crippen LogP contribution in [-0.2, 0) is 7.05 Å². The van der Waals surface area contributed by atoms with Crippen molar-refractivity contribution < 1.29 is 9.53 Å². The lowest BCUT2D eigenvalue weighted by Gasteiger charge is -2.12. The van der Waals surface area contributed by atoms with E-state index in [0.29, 0.717) is 5.56 Å². The van der Waals surface area contributed by atoms with Crippen LogP contribution >= 0.6 is 0 Å². The van der Waals surface area contributed by atoms with Gasteiger partial charge in [0.25, 0.3) is 5.91 Å². The lowest BCUT2D eigenvalue weighted by Crippen LogP contribution is -2.12. The van der Waals surface area contributed by atoms with Gasteiger partial charge >= 0.3 is 0 Å². The zero-order valence-electron chi connectivity index (χ0n) is 15.3. The highest BCUT2D eigenvalue weighted by Gasteiger charge is 2.14. The average Bonchev–Trinajstić information content (AvgIpc) is 3.04. The highest BCUT2D eigenvalue weighted by Crippen LogP contribution is 2.33. The number of carbonyl (C=O) groups is 1. The molecule has 3 aromatic carbocycles. The molecule has 0 aliphatic rings. The van der Waals surface area contributed by atoms with E-state index >= 15 is 0 Å². The number of aryl methyl sites for hydroxylation is 1. The van der Waals surface area contributed by atoms with E-state index in [-0.39, 0.29) is 5.91 Å². The summed E-state index contributed by atoms with van der Waals surface area (Å²) in [5.74, 6) is 0.703. The van der Waals surface area contributed by atoms with Gasteiger partial charge in [0.2, 0.25) is 0 Å². The molecule has 0 bridgehead atoms. The summed E-state index contributed by atoms with van der Waals surface area (Å²) >= 11 is 0. The van der Waals surface area contributed by atoms with Gasteiger partial charge in [-0.3, -0.25) is 4.79 Å². The maximum Gasteiger partial charge on any atom is 0.255 e. The molecule has 0 aliphatic carbocycles. The molecule has 0 saturated carbocycles. The van der Waals surface area contributed by atoms with Crippen molar-refractivity contribution in [1.82, 2.24) is 4.57 Å². The molecule has 0 atom stereocenters. The maximum atomic E-state index is 12.6. The maximum absolute atomic E-state index is 12.6. The fourth-order valence-corrected chi connectivity index (χ4v) is 3.31. The number of ether oxygens (including phenoxy) is 1.